The molecular formula is C14H15N3O4. The van der Waals surface area contributed by atoms with Crippen molar-refractivity contribution in [3.05, 3.63) is 45.6 Å². The molecule has 2 rings (SSSR count). The van der Waals surface area contributed by atoms with Gasteiger partial charge in [0.25, 0.3) is 0 Å². The summed E-state index contributed by atoms with van der Waals surface area (Å²) in [5.74, 6) is 1.25. The highest BCUT2D eigenvalue weighted by molar-refractivity contribution is 5.69. The highest BCUT2D eigenvalue weighted by atomic mass is 16.6. The van der Waals surface area contributed by atoms with Crippen LogP contribution in [0.5, 0.6) is 5.75 Å². The molecule has 0 saturated heterocycles. The molecule has 0 amide bonds. The minimum atomic E-state index is -0.482. The predicted octanol–water partition coefficient (Wildman–Crippen LogP) is 3.11. The molecule has 7 heteroatoms. The van der Waals surface area contributed by atoms with Crippen LogP contribution in [0.2, 0.25) is 0 Å². The Kier molecular flexibility index (Phi) is 4.65. The lowest BCUT2D eigenvalue weighted by Gasteiger charge is -2.01. The first-order valence-electron chi connectivity index (χ1n) is 6.47. The lowest BCUT2D eigenvalue weighted by Crippen LogP contribution is -1.93. The minimum Gasteiger partial charge on any atom is -0.490 e. The summed E-state index contributed by atoms with van der Waals surface area (Å²) < 4.78 is 10.0. The Hall–Kier alpha value is -2.70. The molecule has 1 heterocycles. The highest BCUT2D eigenvalue weighted by Gasteiger charge is 2.14. The molecule has 1 aromatic heterocycles. The van der Waals surface area contributed by atoms with Crippen molar-refractivity contribution >= 4 is 17.8 Å². The summed E-state index contributed by atoms with van der Waals surface area (Å²) in [5, 5.41) is 14.8. The molecule has 0 aliphatic rings. The quantitative estimate of drug-likeness (QED) is 0.599. The number of nitro benzene ring substituents is 1. The number of aryl methyl sites for hydroxylation is 1. The van der Waals surface area contributed by atoms with Crippen LogP contribution in [0.3, 0.4) is 0 Å². The molecule has 0 N–H and O–H groups in total. The molecule has 0 unspecified atom stereocenters. The number of nitro groups is 1. The molecule has 0 radical (unpaired) electrons. The van der Waals surface area contributed by atoms with Gasteiger partial charge in [0.05, 0.1) is 12.0 Å². The van der Waals surface area contributed by atoms with Gasteiger partial charge in [-0.25, -0.2) is 0 Å². The molecule has 0 aliphatic carbocycles. The molecule has 7 nitrogen and oxygen atoms in total. The van der Waals surface area contributed by atoms with Crippen molar-refractivity contribution < 1.29 is 14.2 Å². The van der Waals surface area contributed by atoms with Crippen molar-refractivity contribution in [2.24, 2.45) is 0 Å². The Morgan fingerprint density at radius 3 is 2.90 bits per heavy atom. The van der Waals surface area contributed by atoms with Crippen LogP contribution < -0.4 is 4.74 Å². The fourth-order valence-corrected chi connectivity index (χ4v) is 1.78. The fraction of sp³-hybridized carbons (Fsp3) is 0.286. The van der Waals surface area contributed by atoms with E-state index in [0.29, 0.717) is 17.3 Å². The molecule has 0 fully saturated rings. The molecule has 0 atom stereocenters. The van der Waals surface area contributed by atoms with Gasteiger partial charge in [0.2, 0.25) is 5.89 Å². The Bertz CT molecular complexity index is 664. The van der Waals surface area contributed by atoms with E-state index in [1.807, 2.05) is 6.92 Å². The predicted molar refractivity (Wildman–Crippen MR) is 76.9 cm³/mol. The molecule has 21 heavy (non-hydrogen) atoms. The van der Waals surface area contributed by atoms with Gasteiger partial charge in [-0.15, -0.1) is 0 Å². The number of nitrogens with zero attached hydrogens (tertiary/aromatic N) is 3. The van der Waals surface area contributed by atoms with Gasteiger partial charge in [0.15, 0.2) is 11.6 Å². The van der Waals surface area contributed by atoms with E-state index >= 15 is 0 Å². The van der Waals surface area contributed by atoms with Crippen LogP contribution in [0.15, 0.2) is 22.7 Å². The van der Waals surface area contributed by atoms with Crippen molar-refractivity contribution in [1.29, 1.82) is 0 Å². The lowest BCUT2D eigenvalue weighted by atomic mass is 10.1. The van der Waals surface area contributed by atoms with E-state index in [9.17, 15) is 10.1 Å². The summed E-state index contributed by atoms with van der Waals surface area (Å²) >= 11 is 0. The fourth-order valence-electron chi connectivity index (χ4n) is 1.78. The number of methoxy groups -OCH3 is 1. The summed E-state index contributed by atoms with van der Waals surface area (Å²) in [6.45, 7) is 2.02. The first-order valence-corrected chi connectivity index (χ1v) is 6.47. The Labute approximate surface area is 121 Å². The molecule has 0 bridgehead atoms. The summed E-state index contributed by atoms with van der Waals surface area (Å²) in [4.78, 5) is 14.6. The average molecular weight is 289 g/mol. The third kappa shape index (κ3) is 3.65. The molecule has 2 aromatic rings. The molecule has 110 valence electrons. The summed E-state index contributed by atoms with van der Waals surface area (Å²) in [5.41, 5.74) is 0.573. The SMILES string of the molecule is CCCc1nc(/C=C/c2ccc(OC)c([N+](=O)[O-])c2)no1. The van der Waals surface area contributed by atoms with Gasteiger partial charge in [-0.1, -0.05) is 24.2 Å². The van der Waals surface area contributed by atoms with Gasteiger partial charge in [-0.2, -0.15) is 4.98 Å². The molecule has 1 aromatic carbocycles. The second-order valence-corrected chi connectivity index (χ2v) is 4.32. The van der Waals surface area contributed by atoms with Crippen LogP contribution in [0.25, 0.3) is 12.2 Å². The smallest absolute Gasteiger partial charge is 0.311 e. The third-order valence-electron chi connectivity index (χ3n) is 2.77. The largest absolute Gasteiger partial charge is 0.490 e. The van der Waals surface area contributed by atoms with Gasteiger partial charge >= 0.3 is 5.69 Å². The summed E-state index contributed by atoms with van der Waals surface area (Å²) in [6, 6.07) is 4.70. The van der Waals surface area contributed by atoms with Gasteiger partial charge in [0, 0.05) is 12.5 Å². The van der Waals surface area contributed by atoms with Crippen molar-refractivity contribution in [2.45, 2.75) is 19.8 Å². The van der Waals surface area contributed by atoms with Crippen molar-refractivity contribution in [3.63, 3.8) is 0 Å². The number of benzene rings is 1. The lowest BCUT2D eigenvalue weighted by molar-refractivity contribution is -0.385. The van der Waals surface area contributed by atoms with E-state index < -0.39 is 4.92 Å². The third-order valence-corrected chi connectivity index (χ3v) is 2.77. The maximum atomic E-state index is 10.9. The van der Waals surface area contributed by atoms with Gasteiger partial charge in [-0.05, 0) is 24.1 Å². The number of hydrogen-bond acceptors (Lipinski definition) is 6. The topological polar surface area (TPSA) is 91.3 Å². The van der Waals surface area contributed by atoms with Gasteiger partial charge in [-0.3, -0.25) is 10.1 Å². The van der Waals surface area contributed by atoms with E-state index in [1.54, 1.807) is 24.3 Å². The Morgan fingerprint density at radius 2 is 2.24 bits per heavy atom. The van der Waals surface area contributed by atoms with E-state index in [0.717, 1.165) is 12.8 Å². The first kappa shape index (κ1) is 14.7. The van der Waals surface area contributed by atoms with E-state index in [4.69, 9.17) is 9.26 Å². The van der Waals surface area contributed by atoms with Crippen LogP contribution in [0.1, 0.15) is 30.6 Å². The van der Waals surface area contributed by atoms with Crippen LogP contribution in [0, 0.1) is 10.1 Å². The molecular weight excluding hydrogens is 274 g/mol. The van der Waals surface area contributed by atoms with Crippen LogP contribution >= 0.6 is 0 Å². The first-order chi connectivity index (χ1) is 10.1. The van der Waals surface area contributed by atoms with Crippen LogP contribution in [-0.4, -0.2) is 22.2 Å². The Balaban J connectivity index is 2.20. The second-order valence-electron chi connectivity index (χ2n) is 4.32. The summed E-state index contributed by atoms with van der Waals surface area (Å²) in [7, 11) is 1.40. The highest BCUT2D eigenvalue weighted by Crippen LogP contribution is 2.28. The minimum absolute atomic E-state index is 0.0839. The number of rotatable bonds is 6. The van der Waals surface area contributed by atoms with Crippen LogP contribution in [-0.2, 0) is 6.42 Å². The van der Waals surface area contributed by atoms with Crippen molar-refractivity contribution in [2.75, 3.05) is 7.11 Å². The molecule has 0 spiro atoms. The van der Waals surface area contributed by atoms with Crippen molar-refractivity contribution in [3.8, 4) is 5.75 Å². The summed E-state index contributed by atoms with van der Waals surface area (Å²) in [6.07, 6.45) is 4.99. The van der Waals surface area contributed by atoms with Gasteiger partial charge in [0.1, 0.15) is 0 Å². The normalized spacial score (nSPS) is 11.0. The van der Waals surface area contributed by atoms with Gasteiger partial charge < -0.3 is 9.26 Å². The zero-order valence-electron chi connectivity index (χ0n) is 11.8. The van der Waals surface area contributed by atoms with E-state index in [-0.39, 0.29) is 11.4 Å². The molecule has 0 aliphatic heterocycles. The maximum Gasteiger partial charge on any atom is 0.311 e. The van der Waals surface area contributed by atoms with Crippen LogP contribution in [0.4, 0.5) is 5.69 Å². The zero-order valence-corrected chi connectivity index (χ0v) is 11.8. The number of hydrogen-bond donors (Lipinski definition) is 0. The van der Waals surface area contributed by atoms with E-state index in [2.05, 4.69) is 10.1 Å². The average Bonchev–Trinajstić information content (AvgIpc) is 2.93. The standard InChI is InChI=1S/C14H15N3O4/c1-3-4-14-15-13(16-21-14)8-6-10-5-7-12(20-2)11(9-10)17(18)19/h5-9H,3-4H2,1-2H3/b8-6+. The second kappa shape index (κ2) is 6.65. The number of ether oxygens (including phenoxy) is 1. The maximum absolute atomic E-state index is 10.9. The molecule has 0 saturated carbocycles. The van der Waals surface area contributed by atoms with E-state index in [1.165, 1.54) is 13.2 Å². The van der Waals surface area contributed by atoms with Crippen molar-refractivity contribution in [1.82, 2.24) is 10.1 Å². The Morgan fingerprint density at radius 1 is 1.43 bits per heavy atom. The zero-order chi connectivity index (χ0) is 15.2. The monoisotopic (exact) mass is 289 g/mol. The number of aromatic nitrogens is 2.